The smallest absolute Gasteiger partial charge is 0.246 e. The minimum atomic E-state index is -0.773. The van der Waals surface area contributed by atoms with Gasteiger partial charge in [-0.1, -0.05) is 51.1 Å². The van der Waals surface area contributed by atoms with Crippen LogP contribution in [0.3, 0.4) is 0 Å². The number of carbonyl (C=O) groups excluding carboxylic acids is 3. The molecule has 1 saturated heterocycles. The summed E-state index contributed by atoms with van der Waals surface area (Å²) in [5.41, 5.74) is 0.426. The van der Waals surface area contributed by atoms with Crippen molar-refractivity contribution in [1.82, 2.24) is 15.5 Å². The van der Waals surface area contributed by atoms with E-state index in [-0.39, 0.29) is 30.7 Å². The van der Waals surface area contributed by atoms with Crippen molar-refractivity contribution >= 4 is 17.7 Å². The first-order chi connectivity index (χ1) is 12.6. The summed E-state index contributed by atoms with van der Waals surface area (Å²) >= 11 is 0. The van der Waals surface area contributed by atoms with Crippen LogP contribution in [-0.4, -0.2) is 52.5 Å². The van der Waals surface area contributed by atoms with E-state index < -0.39 is 23.6 Å². The van der Waals surface area contributed by atoms with Crippen LogP contribution in [0.15, 0.2) is 30.3 Å². The number of nitrogens with one attached hydrogen (secondary N) is 2. The molecule has 1 aliphatic heterocycles. The maximum absolute atomic E-state index is 13.1. The molecule has 7 heteroatoms. The van der Waals surface area contributed by atoms with E-state index >= 15 is 0 Å². The zero-order chi connectivity index (χ0) is 20.2. The Labute approximate surface area is 160 Å². The lowest BCUT2D eigenvalue weighted by Gasteiger charge is -2.35. The Morgan fingerprint density at radius 1 is 1.22 bits per heavy atom. The highest BCUT2D eigenvalue weighted by Crippen LogP contribution is 2.26. The van der Waals surface area contributed by atoms with E-state index in [2.05, 4.69) is 10.6 Å². The van der Waals surface area contributed by atoms with Gasteiger partial charge < -0.3 is 20.6 Å². The third-order valence-electron chi connectivity index (χ3n) is 4.63. The summed E-state index contributed by atoms with van der Waals surface area (Å²) in [6, 6.07) is 7.95. The number of hydrogen-bond donors (Lipinski definition) is 3. The van der Waals surface area contributed by atoms with Gasteiger partial charge in [0.05, 0.1) is 6.10 Å². The highest BCUT2D eigenvalue weighted by atomic mass is 16.3. The number of aliphatic hydroxyl groups excluding tert-OH is 1. The molecule has 3 amide bonds. The van der Waals surface area contributed by atoms with Crippen LogP contribution in [0, 0.1) is 5.41 Å². The lowest BCUT2D eigenvalue weighted by molar-refractivity contribution is -0.143. The summed E-state index contributed by atoms with van der Waals surface area (Å²) in [4.78, 5) is 38.7. The quantitative estimate of drug-likeness (QED) is 0.709. The summed E-state index contributed by atoms with van der Waals surface area (Å²) in [7, 11) is 0. The van der Waals surface area contributed by atoms with Crippen LogP contribution in [0.25, 0.3) is 0 Å². The van der Waals surface area contributed by atoms with Gasteiger partial charge in [-0.25, -0.2) is 0 Å². The molecule has 0 bridgehead atoms. The zero-order valence-corrected chi connectivity index (χ0v) is 16.4. The summed E-state index contributed by atoms with van der Waals surface area (Å²) in [5, 5.41) is 15.6. The minimum Gasteiger partial charge on any atom is -0.391 e. The molecule has 0 spiro atoms. The van der Waals surface area contributed by atoms with Crippen LogP contribution in [0.2, 0.25) is 0 Å². The van der Waals surface area contributed by atoms with E-state index in [1.54, 1.807) is 0 Å². The van der Waals surface area contributed by atoms with E-state index in [1.165, 1.54) is 11.8 Å². The lowest BCUT2D eigenvalue weighted by atomic mass is 9.85. The van der Waals surface area contributed by atoms with Crippen LogP contribution in [0.4, 0.5) is 0 Å². The van der Waals surface area contributed by atoms with Gasteiger partial charge >= 0.3 is 0 Å². The zero-order valence-electron chi connectivity index (χ0n) is 16.4. The van der Waals surface area contributed by atoms with Gasteiger partial charge in [0, 0.05) is 26.4 Å². The van der Waals surface area contributed by atoms with Gasteiger partial charge in [-0.3, -0.25) is 14.4 Å². The Morgan fingerprint density at radius 3 is 2.41 bits per heavy atom. The summed E-state index contributed by atoms with van der Waals surface area (Å²) in [6.07, 6.45) is -0.581. The topological polar surface area (TPSA) is 98.7 Å². The Balaban J connectivity index is 2.12. The first-order valence-corrected chi connectivity index (χ1v) is 9.17. The van der Waals surface area contributed by atoms with Crippen molar-refractivity contribution in [3.63, 3.8) is 0 Å². The molecular weight excluding hydrogens is 346 g/mol. The summed E-state index contributed by atoms with van der Waals surface area (Å²) in [5.74, 6) is -0.971. The lowest BCUT2D eigenvalue weighted by Crippen LogP contribution is -2.57. The molecule has 0 aliphatic carbocycles. The molecule has 0 saturated carbocycles. The molecule has 2 rings (SSSR count). The number of carbonyl (C=O) groups is 3. The average molecular weight is 375 g/mol. The Hall–Kier alpha value is -2.41. The van der Waals surface area contributed by atoms with Crippen molar-refractivity contribution in [3.8, 4) is 0 Å². The Morgan fingerprint density at radius 2 is 1.85 bits per heavy atom. The molecule has 1 aromatic rings. The molecule has 3 atom stereocenters. The van der Waals surface area contributed by atoms with Crippen molar-refractivity contribution in [2.75, 3.05) is 6.54 Å². The van der Waals surface area contributed by atoms with E-state index in [1.807, 2.05) is 51.1 Å². The second kappa shape index (κ2) is 8.52. The number of hydrogen-bond acceptors (Lipinski definition) is 4. The molecule has 3 N–H and O–H groups in total. The normalized spacial score (nSPS) is 20.9. The van der Waals surface area contributed by atoms with Gasteiger partial charge in [0.25, 0.3) is 0 Å². The molecule has 1 heterocycles. The van der Waals surface area contributed by atoms with Crippen LogP contribution >= 0.6 is 0 Å². The largest absolute Gasteiger partial charge is 0.391 e. The van der Waals surface area contributed by atoms with Crippen LogP contribution < -0.4 is 10.6 Å². The first-order valence-electron chi connectivity index (χ1n) is 9.17. The fourth-order valence-corrected chi connectivity index (χ4v) is 3.23. The molecule has 1 aliphatic rings. The van der Waals surface area contributed by atoms with Gasteiger partial charge in [-0.15, -0.1) is 0 Å². The highest BCUT2D eigenvalue weighted by molar-refractivity contribution is 5.92. The van der Waals surface area contributed by atoms with Crippen LogP contribution in [0.5, 0.6) is 0 Å². The van der Waals surface area contributed by atoms with Gasteiger partial charge in [0.1, 0.15) is 12.1 Å². The van der Waals surface area contributed by atoms with E-state index in [9.17, 15) is 19.5 Å². The molecule has 0 aromatic heterocycles. The predicted molar refractivity (Wildman–Crippen MR) is 101 cm³/mol. The van der Waals surface area contributed by atoms with Crippen LogP contribution in [-0.2, 0) is 20.9 Å². The molecule has 1 fully saturated rings. The van der Waals surface area contributed by atoms with Gasteiger partial charge in [0.15, 0.2) is 0 Å². The molecular formula is C20H29N3O4. The van der Waals surface area contributed by atoms with Gasteiger partial charge in [-0.2, -0.15) is 0 Å². The highest BCUT2D eigenvalue weighted by Gasteiger charge is 2.44. The van der Waals surface area contributed by atoms with Gasteiger partial charge in [-0.05, 0) is 11.0 Å². The fourth-order valence-electron chi connectivity index (χ4n) is 3.23. The molecule has 1 aromatic carbocycles. The van der Waals surface area contributed by atoms with E-state index in [4.69, 9.17) is 0 Å². The third-order valence-corrected chi connectivity index (χ3v) is 4.63. The average Bonchev–Trinajstić information content (AvgIpc) is 2.99. The Kier molecular flexibility index (Phi) is 6.59. The Bertz CT molecular complexity index is 684. The maximum Gasteiger partial charge on any atom is 0.246 e. The molecule has 148 valence electrons. The summed E-state index contributed by atoms with van der Waals surface area (Å²) < 4.78 is 0. The molecule has 7 nitrogen and oxygen atoms in total. The number of β-amino-alcohol motifs (C(OH)–C–C–N with tert-alkyl or cyclic N) is 1. The maximum atomic E-state index is 13.1. The number of amides is 3. The standard InChI is InChI=1S/C20H29N3O4/c1-13(24)22-17(20(2,3)4)19(27)23-12-15(25)10-16(23)18(26)21-11-14-8-6-5-7-9-14/h5-9,15-17,25H,10-12H2,1-4H3,(H,21,26)(H,22,24). The first kappa shape index (κ1) is 20.9. The van der Waals surface area contributed by atoms with E-state index in [0.29, 0.717) is 6.54 Å². The van der Waals surface area contributed by atoms with Crippen molar-refractivity contribution in [2.24, 2.45) is 5.41 Å². The second-order valence-electron chi connectivity index (χ2n) is 8.10. The second-order valence-corrected chi connectivity index (χ2v) is 8.10. The number of rotatable bonds is 5. The number of benzene rings is 1. The van der Waals surface area contributed by atoms with Crippen molar-refractivity contribution in [1.29, 1.82) is 0 Å². The van der Waals surface area contributed by atoms with Crippen molar-refractivity contribution in [3.05, 3.63) is 35.9 Å². The number of likely N-dealkylation sites (tertiary alicyclic amines) is 1. The molecule has 3 unspecified atom stereocenters. The van der Waals surface area contributed by atoms with Crippen molar-refractivity contribution < 1.29 is 19.5 Å². The molecule has 0 radical (unpaired) electrons. The van der Waals surface area contributed by atoms with Crippen molar-refractivity contribution in [2.45, 2.75) is 58.8 Å². The number of nitrogens with zero attached hydrogens (tertiary/aromatic N) is 1. The fraction of sp³-hybridized carbons (Fsp3) is 0.550. The monoisotopic (exact) mass is 375 g/mol. The van der Waals surface area contributed by atoms with Crippen LogP contribution in [0.1, 0.15) is 39.7 Å². The third kappa shape index (κ3) is 5.53. The number of aliphatic hydroxyl groups is 1. The minimum absolute atomic E-state index is 0.0778. The van der Waals surface area contributed by atoms with Gasteiger partial charge in [0.2, 0.25) is 17.7 Å². The predicted octanol–water partition coefficient (Wildman–Crippen LogP) is 0.815. The van der Waals surface area contributed by atoms with E-state index in [0.717, 1.165) is 5.56 Å². The molecule has 27 heavy (non-hydrogen) atoms. The summed E-state index contributed by atoms with van der Waals surface area (Å²) in [6.45, 7) is 7.33. The SMILES string of the molecule is CC(=O)NC(C(=O)N1CC(O)CC1C(=O)NCc1ccccc1)C(C)(C)C.